The molecule has 1 heterocycles. The van der Waals surface area contributed by atoms with Crippen LogP contribution in [-0.4, -0.2) is 23.3 Å². The highest BCUT2D eigenvalue weighted by atomic mass is 35.5. The quantitative estimate of drug-likeness (QED) is 0.784. The fraction of sp³-hybridized carbons (Fsp3) is 0.462. The summed E-state index contributed by atoms with van der Waals surface area (Å²) >= 11 is 12.1. The highest BCUT2D eigenvalue weighted by Crippen LogP contribution is 2.25. The highest BCUT2D eigenvalue weighted by Gasteiger charge is 2.14. The van der Waals surface area contributed by atoms with Crippen LogP contribution in [0.4, 0.5) is 0 Å². The van der Waals surface area contributed by atoms with Gasteiger partial charge in [0.25, 0.3) is 0 Å². The predicted octanol–water partition coefficient (Wildman–Crippen LogP) is 3.71. The molecule has 1 atom stereocenters. The zero-order valence-electron chi connectivity index (χ0n) is 10.5. The van der Waals surface area contributed by atoms with Crippen LogP contribution in [0, 0.1) is 5.92 Å². The van der Waals surface area contributed by atoms with Gasteiger partial charge in [0, 0.05) is 13.7 Å². The number of fused-ring (bicyclic) bond motifs is 1. The third-order valence-electron chi connectivity index (χ3n) is 2.87. The number of para-hydroxylation sites is 1. The van der Waals surface area contributed by atoms with Gasteiger partial charge in [-0.25, -0.2) is 4.98 Å². The van der Waals surface area contributed by atoms with Crippen molar-refractivity contribution in [2.45, 2.75) is 19.3 Å². The minimum Gasteiger partial charge on any atom is -0.384 e. The van der Waals surface area contributed by atoms with E-state index in [1.807, 2.05) is 18.2 Å². The Morgan fingerprint density at radius 2 is 2.22 bits per heavy atom. The van der Waals surface area contributed by atoms with Gasteiger partial charge in [-0.15, -0.1) is 11.6 Å². The summed E-state index contributed by atoms with van der Waals surface area (Å²) in [6.45, 7) is 3.67. The second-order valence-corrected chi connectivity index (χ2v) is 5.11. The molecule has 0 fully saturated rings. The van der Waals surface area contributed by atoms with Crippen molar-refractivity contribution in [2.24, 2.45) is 5.92 Å². The van der Waals surface area contributed by atoms with Gasteiger partial charge < -0.3 is 9.30 Å². The number of benzene rings is 1. The van der Waals surface area contributed by atoms with Gasteiger partial charge in [-0.05, 0) is 18.1 Å². The number of methoxy groups -OCH3 is 1. The van der Waals surface area contributed by atoms with Crippen molar-refractivity contribution in [3.8, 4) is 0 Å². The molecule has 3 nitrogen and oxygen atoms in total. The SMILES string of the molecule is COCC(C)Cn1c(CCl)nc2c(Cl)cccc21. The summed E-state index contributed by atoms with van der Waals surface area (Å²) in [5, 5.41) is 0.664. The van der Waals surface area contributed by atoms with Crippen molar-refractivity contribution in [3.63, 3.8) is 0 Å². The van der Waals surface area contributed by atoms with Crippen LogP contribution in [-0.2, 0) is 17.2 Å². The number of hydrogen-bond donors (Lipinski definition) is 0. The van der Waals surface area contributed by atoms with Gasteiger partial charge in [0.2, 0.25) is 0 Å². The first-order valence-corrected chi connectivity index (χ1v) is 6.77. The summed E-state index contributed by atoms with van der Waals surface area (Å²) in [7, 11) is 1.71. The summed E-state index contributed by atoms with van der Waals surface area (Å²) in [5.74, 6) is 1.63. The maximum Gasteiger partial charge on any atom is 0.124 e. The molecule has 18 heavy (non-hydrogen) atoms. The van der Waals surface area contributed by atoms with E-state index in [9.17, 15) is 0 Å². The standard InChI is InChI=1S/C13H16Cl2N2O/c1-9(8-18-2)7-17-11-5-3-4-10(15)13(11)16-12(17)6-14/h3-5,9H,6-8H2,1-2H3. The molecule has 0 saturated carbocycles. The maximum atomic E-state index is 6.15. The van der Waals surface area contributed by atoms with Crippen molar-refractivity contribution >= 4 is 34.2 Å². The lowest BCUT2D eigenvalue weighted by atomic mass is 10.2. The minimum absolute atomic E-state index is 0.380. The van der Waals surface area contributed by atoms with E-state index in [0.717, 1.165) is 23.4 Å². The van der Waals surface area contributed by atoms with Crippen LogP contribution in [0.1, 0.15) is 12.7 Å². The van der Waals surface area contributed by atoms with Crippen LogP contribution in [0.2, 0.25) is 5.02 Å². The molecule has 2 rings (SSSR count). The molecule has 0 aliphatic rings. The summed E-state index contributed by atoms with van der Waals surface area (Å²) in [6, 6.07) is 5.80. The molecule has 0 spiro atoms. The van der Waals surface area contributed by atoms with Gasteiger partial charge in [0.05, 0.1) is 23.0 Å². The van der Waals surface area contributed by atoms with Gasteiger partial charge in [0.1, 0.15) is 11.3 Å². The maximum absolute atomic E-state index is 6.15. The van der Waals surface area contributed by atoms with Gasteiger partial charge in [0.15, 0.2) is 0 Å². The highest BCUT2D eigenvalue weighted by molar-refractivity contribution is 6.34. The average Bonchev–Trinajstić information content (AvgIpc) is 2.69. The Labute approximate surface area is 117 Å². The number of aromatic nitrogens is 2. The lowest BCUT2D eigenvalue weighted by molar-refractivity contribution is 0.151. The molecule has 0 bridgehead atoms. The molecule has 5 heteroatoms. The fourth-order valence-electron chi connectivity index (χ4n) is 2.12. The second kappa shape index (κ2) is 5.91. The largest absolute Gasteiger partial charge is 0.384 e. The van der Waals surface area contributed by atoms with Gasteiger partial charge in [-0.2, -0.15) is 0 Å². The van der Waals surface area contributed by atoms with E-state index in [0.29, 0.717) is 23.4 Å². The molecule has 0 saturated heterocycles. The smallest absolute Gasteiger partial charge is 0.124 e. The zero-order chi connectivity index (χ0) is 13.1. The van der Waals surface area contributed by atoms with Gasteiger partial charge in [-0.1, -0.05) is 24.6 Å². The third-order valence-corrected chi connectivity index (χ3v) is 3.42. The molecule has 0 aliphatic carbocycles. The molecule has 0 radical (unpaired) electrons. The molecule has 1 aromatic carbocycles. The van der Waals surface area contributed by atoms with E-state index < -0.39 is 0 Å². The number of rotatable bonds is 5. The van der Waals surface area contributed by atoms with Crippen LogP contribution in [0.5, 0.6) is 0 Å². The molecule has 1 unspecified atom stereocenters. The first-order valence-electron chi connectivity index (χ1n) is 5.86. The average molecular weight is 287 g/mol. The van der Waals surface area contributed by atoms with E-state index in [-0.39, 0.29) is 0 Å². The molecule has 0 amide bonds. The number of halogens is 2. The number of imidazole rings is 1. The predicted molar refractivity (Wildman–Crippen MR) is 75.3 cm³/mol. The van der Waals surface area contributed by atoms with Gasteiger partial charge in [-0.3, -0.25) is 0 Å². The van der Waals surface area contributed by atoms with Crippen molar-refractivity contribution in [3.05, 3.63) is 29.0 Å². The molecule has 1 aromatic heterocycles. The summed E-state index contributed by atoms with van der Waals surface area (Å²) < 4.78 is 7.29. The van der Waals surface area contributed by atoms with E-state index in [1.165, 1.54) is 0 Å². The topological polar surface area (TPSA) is 27.1 Å². The number of nitrogens with zero attached hydrogens (tertiary/aromatic N) is 2. The Morgan fingerprint density at radius 3 is 2.89 bits per heavy atom. The number of hydrogen-bond acceptors (Lipinski definition) is 2. The second-order valence-electron chi connectivity index (χ2n) is 4.44. The Morgan fingerprint density at radius 1 is 1.44 bits per heavy atom. The summed E-state index contributed by atoms with van der Waals surface area (Å²) in [6.07, 6.45) is 0. The van der Waals surface area contributed by atoms with Crippen molar-refractivity contribution in [1.29, 1.82) is 0 Å². The fourth-order valence-corrected chi connectivity index (χ4v) is 2.53. The first kappa shape index (κ1) is 13.7. The first-order chi connectivity index (χ1) is 8.67. The van der Waals surface area contributed by atoms with Crippen LogP contribution in [0.25, 0.3) is 11.0 Å². The van der Waals surface area contributed by atoms with E-state index >= 15 is 0 Å². The van der Waals surface area contributed by atoms with Gasteiger partial charge >= 0.3 is 0 Å². The normalized spacial score (nSPS) is 13.1. The zero-order valence-corrected chi connectivity index (χ0v) is 12.0. The van der Waals surface area contributed by atoms with Crippen molar-refractivity contribution in [2.75, 3.05) is 13.7 Å². The Hall–Kier alpha value is -0.770. The van der Waals surface area contributed by atoms with E-state index in [4.69, 9.17) is 27.9 Å². The molecular formula is C13H16Cl2N2O. The molecule has 98 valence electrons. The molecule has 2 aromatic rings. The molecule has 0 aliphatic heterocycles. The van der Waals surface area contributed by atoms with Crippen molar-refractivity contribution < 1.29 is 4.74 Å². The number of alkyl halides is 1. The minimum atomic E-state index is 0.380. The lowest BCUT2D eigenvalue weighted by Gasteiger charge is -2.13. The van der Waals surface area contributed by atoms with Crippen molar-refractivity contribution in [1.82, 2.24) is 9.55 Å². The Kier molecular flexibility index (Phi) is 4.49. The summed E-state index contributed by atoms with van der Waals surface area (Å²) in [5.41, 5.74) is 1.85. The summed E-state index contributed by atoms with van der Waals surface area (Å²) in [4.78, 5) is 4.50. The van der Waals surface area contributed by atoms with Crippen LogP contribution < -0.4 is 0 Å². The monoisotopic (exact) mass is 286 g/mol. The number of ether oxygens (including phenoxy) is 1. The Balaban J connectivity index is 2.44. The third kappa shape index (κ3) is 2.63. The lowest BCUT2D eigenvalue weighted by Crippen LogP contribution is -2.14. The molecule has 0 N–H and O–H groups in total. The van der Waals surface area contributed by atoms with E-state index in [1.54, 1.807) is 7.11 Å². The van der Waals surface area contributed by atoms with E-state index in [2.05, 4.69) is 16.5 Å². The van der Waals surface area contributed by atoms with Crippen LogP contribution in [0.15, 0.2) is 18.2 Å². The van der Waals surface area contributed by atoms with Crippen LogP contribution in [0.3, 0.4) is 0 Å². The molecular weight excluding hydrogens is 271 g/mol. The van der Waals surface area contributed by atoms with Crippen LogP contribution >= 0.6 is 23.2 Å². The Bertz CT molecular complexity index is 539.